The zero-order valence-corrected chi connectivity index (χ0v) is 15.3. The molecule has 2 aromatic rings. The first-order chi connectivity index (χ1) is 11.9. The molecule has 0 radical (unpaired) electrons. The smallest absolute Gasteiger partial charge is 0.252 e. The molecule has 25 heavy (non-hydrogen) atoms. The SMILES string of the molecule is Cc1c(N2CCC([C@H](C)N)C2)c(F)cc2c(Cl)cc(=O)n(C3CC3)c12. The van der Waals surface area contributed by atoms with Crippen molar-refractivity contribution in [3.8, 4) is 0 Å². The standard InChI is InChI=1S/C19H23ClFN3O/c1-10-18-14(15(20)8-17(25)24(18)13-3-4-13)7-16(21)19(10)23-6-5-12(9-23)11(2)22/h7-8,11-13H,3-6,9,22H2,1-2H3/t11-,12?/m0/s1. The highest BCUT2D eigenvalue weighted by atomic mass is 35.5. The van der Waals surface area contributed by atoms with Gasteiger partial charge < -0.3 is 15.2 Å². The summed E-state index contributed by atoms with van der Waals surface area (Å²) in [5.74, 6) is 0.0812. The predicted molar refractivity (Wildman–Crippen MR) is 100 cm³/mol. The number of nitrogens with two attached hydrogens (primary N) is 1. The fourth-order valence-electron chi connectivity index (χ4n) is 4.12. The summed E-state index contributed by atoms with van der Waals surface area (Å²) in [5, 5.41) is 0.940. The third kappa shape index (κ3) is 2.74. The number of halogens is 2. The number of anilines is 1. The van der Waals surface area contributed by atoms with E-state index in [0.29, 0.717) is 22.0 Å². The molecule has 1 aliphatic heterocycles. The first-order valence-electron chi connectivity index (χ1n) is 8.93. The van der Waals surface area contributed by atoms with Crippen molar-refractivity contribution in [2.45, 2.75) is 45.2 Å². The van der Waals surface area contributed by atoms with Crippen LogP contribution in [-0.2, 0) is 0 Å². The van der Waals surface area contributed by atoms with Crippen molar-refractivity contribution in [2.75, 3.05) is 18.0 Å². The van der Waals surface area contributed by atoms with Gasteiger partial charge in [0, 0.05) is 36.6 Å². The molecule has 1 saturated heterocycles. The lowest BCUT2D eigenvalue weighted by atomic mass is 10.0. The Morgan fingerprint density at radius 3 is 2.64 bits per heavy atom. The van der Waals surface area contributed by atoms with Gasteiger partial charge in [0.1, 0.15) is 5.82 Å². The van der Waals surface area contributed by atoms with Crippen LogP contribution in [0.15, 0.2) is 16.9 Å². The van der Waals surface area contributed by atoms with Gasteiger partial charge in [-0.25, -0.2) is 4.39 Å². The van der Waals surface area contributed by atoms with Gasteiger partial charge in [-0.15, -0.1) is 0 Å². The Kier molecular flexibility index (Phi) is 4.04. The maximum Gasteiger partial charge on any atom is 0.252 e. The lowest BCUT2D eigenvalue weighted by molar-refractivity contribution is 0.487. The molecule has 4 rings (SSSR count). The number of rotatable bonds is 3. The van der Waals surface area contributed by atoms with E-state index in [2.05, 4.69) is 4.90 Å². The van der Waals surface area contributed by atoms with Crippen LogP contribution < -0.4 is 16.2 Å². The van der Waals surface area contributed by atoms with E-state index >= 15 is 0 Å². The number of pyridine rings is 1. The van der Waals surface area contributed by atoms with E-state index in [1.54, 1.807) is 4.57 Å². The van der Waals surface area contributed by atoms with Crippen LogP contribution in [0, 0.1) is 18.7 Å². The molecule has 2 aliphatic rings. The van der Waals surface area contributed by atoms with E-state index in [1.165, 1.54) is 12.1 Å². The predicted octanol–water partition coefficient (Wildman–Crippen LogP) is 3.61. The van der Waals surface area contributed by atoms with Crippen LogP contribution in [-0.4, -0.2) is 23.7 Å². The van der Waals surface area contributed by atoms with Crippen LogP contribution >= 0.6 is 11.6 Å². The lowest BCUT2D eigenvalue weighted by Crippen LogP contribution is -2.30. The summed E-state index contributed by atoms with van der Waals surface area (Å²) < 4.78 is 16.8. The van der Waals surface area contributed by atoms with Gasteiger partial charge in [0.2, 0.25) is 0 Å². The van der Waals surface area contributed by atoms with Crippen LogP contribution in [0.1, 0.15) is 37.8 Å². The summed E-state index contributed by atoms with van der Waals surface area (Å²) in [6.45, 7) is 5.43. The molecule has 1 aromatic carbocycles. The molecule has 2 atom stereocenters. The molecule has 1 saturated carbocycles. The molecule has 4 nitrogen and oxygen atoms in total. The average Bonchev–Trinajstić information content (AvgIpc) is 3.25. The van der Waals surface area contributed by atoms with Crippen LogP contribution in [0.25, 0.3) is 10.9 Å². The highest BCUT2D eigenvalue weighted by molar-refractivity contribution is 6.35. The Bertz CT molecular complexity index is 904. The third-order valence-corrected chi connectivity index (χ3v) is 5.96. The average molecular weight is 364 g/mol. The second-order valence-corrected chi connectivity index (χ2v) is 7.92. The molecule has 0 spiro atoms. The number of fused-ring (bicyclic) bond motifs is 1. The normalized spacial score (nSPS) is 22.0. The van der Waals surface area contributed by atoms with Crippen LogP contribution in [0.4, 0.5) is 10.1 Å². The summed E-state index contributed by atoms with van der Waals surface area (Å²) in [6, 6.07) is 3.19. The molecule has 0 amide bonds. The number of hydrogen-bond acceptors (Lipinski definition) is 3. The monoisotopic (exact) mass is 363 g/mol. The van der Waals surface area contributed by atoms with Gasteiger partial charge in [-0.3, -0.25) is 4.79 Å². The van der Waals surface area contributed by atoms with Crippen molar-refractivity contribution in [2.24, 2.45) is 11.7 Å². The molecule has 2 N–H and O–H groups in total. The van der Waals surface area contributed by atoms with E-state index in [1.807, 2.05) is 13.8 Å². The van der Waals surface area contributed by atoms with Crippen molar-refractivity contribution in [1.29, 1.82) is 0 Å². The molecule has 2 fully saturated rings. The number of aromatic nitrogens is 1. The molecule has 1 aromatic heterocycles. The van der Waals surface area contributed by atoms with E-state index in [-0.39, 0.29) is 23.5 Å². The quantitative estimate of drug-likeness (QED) is 0.906. The number of nitrogens with zero attached hydrogens (tertiary/aromatic N) is 2. The van der Waals surface area contributed by atoms with Crippen molar-refractivity contribution < 1.29 is 4.39 Å². The van der Waals surface area contributed by atoms with Crippen LogP contribution in [0.3, 0.4) is 0 Å². The largest absolute Gasteiger partial charge is 0.369 e. The molecule has 0 bridgehead atoms. The summed E-state index contributed by atoms with van der Waals surface area (Å²) in [6.07, 6.45) is 2.93. The minimum atomic E-state index is -0.279. The molecular formula is C19H23ClFN3O. The third-order valence-electron chi connectivity index (χ3n) is 5.65. The maximum atomic E-state index is 15.0. The number of aryl methyl sites for hydroxylation is 1. The summed E-state index contributed by atoms with van der Waals surface area (Å²) in [5.41, 5.74) is 8.10. The van der Waals surface area contributed by atoms with Gasteiger partial charge in [-0.2, -0.15) is 0 Å². The van der Waals surface area contributed by atoms with Crippen LogP contribution in [0.5, 0.6) is 0 Å². The van der Waals surface area contributed by atoms with Gasteiger partial charge >= 0.3 is 0 Å². The minimum absolute atomic E-state index is 0.0907. The second-order valence-electron chi connectivity index (χ2n) is 7.51. The number of benzene rings is 1. The van der Waals surface area contributed by atoms with E-state index in [0.717, 1.165) is 43.4 Å². The Morgan fingerprint density at radius 1 is 1.32 bits per heavy atom. The Hall–Kier alpha value is -1.59. The first kappa shape index (κ1) is 16.9. The molecule has 134 valence electrons. The summed E-state index contributed by atoms with van der Waals surface area (Å²) in [4.78, 5) is 14.6. The highest BCUT2D eigenvalue weighted by Gasteiger charge is 2.31. The van der Waals surface area contributed by atoms with Gasteiger partial charge in [-0.1, -0.05) is 11.6 Å². The van der Waals surface area contributed by atoms with E-state index in [4.69, 9.17) is 17.3 Å². The second kappa shape index (κ2) is 5.99. The summed E-state index contributed by atoms with van der Waals surface area (Å²) in [7, 11) is 0. The Labute approximate surface area is 151 Å². The Morgan fingerprint density at radius 2 is 2.04 bits per heavy atom. The fraction of sp³-hybridized carbons (Fsp3) is 0.526. The van der Waals surface area contributed by atoms with Crippen molar-refractivity contribution in [3.05, 3.63) is 38.9 Å². The van der Waals surface area contributed by atoms with Gasteiger partial charge in [0.15, 0.2) is 0 Å². The topological polar surface area (TPSA) is 51.3 Å². The van der Waals surface area contributed by atoms with Crippen molar-refractivity contribution >= 4 is 28.2 Å². The van der Waals surface area contributed by atoms with Gasteiger partial charge in [0.05, 0.1) is 16.2 Å². The molecule has 1 aliphatic carbocycles. The van der Waals surface area contributed by atoms with E-state index in [9.17, 15) is 9.18 Å². The van der Waals surface area contributed by atoms with Crippen molar-refractivity contribution in [3.63, 3.8) is 0 Å². The molecular weight excluding hydrogens is 341 g/mol. The first-order valence-corrected chi connectivity index (χ1v) is 9.30. The number of hydrogen-bond donors (Lipinski definition) is 1. The highest BCUT2D eigenvalue weighted by Crippen LogP contribution is 2.41. The van der Waals surface area contributed by atoms with E-state index < -0.39 is 0 Å². The maximum absolute atomic E-state index is 15.0. The van der Waals surface area contributed by atoms with Crippen molar-refractivity contribution in [1.82, 2.24) is 4.57 Å². The Balaban J connectivity index is 1.92. The zero-order valence-electron chi connectivity index (χ0n) is 14.6. The fourth-order valence-corrected chi connectivity index (χ4v) is 4.36. The lowest BCUT2D eigenvalue weighted by Gasteiger charge is -2.25. The zero-order chi connectivity index (χ0) is 17.9. The van der Waals surface area contributed by atoms with Gasteiger partial charge in [0.25, 0.3) is 5.56 Å². The molecule has 6 heteroatoms. The molecule has 2 heterocycles. The minimum Gasteiger partial charge on any atom is -0.369 e. The van der Waals surface area contributed by atoms with Gasteiger partial charge in [-0.05, 0) is 50.7 Å². The van der Waals surface area contributed by atoms with Crippen LogP contribution in [0.2, 0.25) is 5.02 Å². The molecule has 1 unspecified atom stereocenters. The summed E-state index contributed by atoms with van der Waals surface area (Å²) >= 11 is 6.27.